The number of aryl methyl sites for hydroxylation is 1. The molecule has 0 spiro atoms. The molecule has 0 aromatic carbocycles. The molecular formula is C12H17N5O. The Bertz CT molecular complexity index is 527. The van der Waals surface area contributed by atoms with Crippen molar-refractivity contribution in [3.05, 3.63) is 29.8 Å². The lowest BCUT2D eigenvalue weighted by Gasteiger charge is -2.03. The van der Waals surface area contributed by atoms with Gasteiger partial charge in [-0.05, 0) is 18.9 Å². The van der Waals surface area contributed by atoms with Gasteiger partial charge >= 0.3 is 0 Å². The molecule has 2 N–H and O–H groups in total. The molecule has 6 heteroatoms. The summed E-state index contributed by atoms with van der Waals surface area (Å²) >= 11 is 0. The van der Waals surface area contributed by atoms with Crippen LogP contribution in [0.15, 0.2) is 18.5 Å². The van der Waals surface area contributed by atoms with Crippen LogP contribution in [-0.4, -0.2) is 25.7 Å². The van der Waals surface area contributed by atoms with Crippen molar-refractivity contribution in [1.82, 2.24) is 19.7 Å². The zero-order valence-electron chi connectivity index (χ0n) is 10.8. The Morgan fingerprint density at radius 3 is 2.89 bits per heavy atom. The smallest absolute Gasteiger partial charge is 0.276 e. The third-order valence-corrected chi connectivity index (χ3v) is 2.65. The number of nitrogens with one attached hydrogen (secondary N) is 2. The number of H-pyrrole nitrogens is 1. The number of anilines is 1. The van der Waals surface area contributed by atoms with Crippen molar-refractivity contribution in [2.45, 2.75) is 33.2 Å². The van der Waals surface area contributed by atoms with Crippen molar-refractivity contribution in [3.8, 4) is 0 Å². The number of aromatic amines is 1. The molecule has 0 unspecified atom stereocenters. The van der Waals surface area contributed by atoms with Gasteiger partial charge in [-0.3, -0.25) is 14.8 Å². The van der Waals surface area contributed by atoms with Gasteiger partial charge < -0.3 is 4.98 Å². The summed E-state index contributed by atoms with van der Waals surface area (Å²) in [6.45, 7) is 6.72. The molecule has 1 amide bonds. The van der Waals surface area contributed by atoms with Crippen molar-refractivity contribution in [2.75, 3.05) is 5.32 Å². The van der Waals surface area contributed by atoms with E-state index in [1.165, 1.54) is 0 Å². The van der Waals surface area contributed by atoms with Crippen molar-refractivity contribution in [3.63, 3.8) is 0 Å². The Hall–Kier alpha value is -2.11. The lowest BCUT2D eigenvalue weighted by molar-refractivity contribution is 0.101. The van der Waals surface area contributed by atoms with Gasteiger partial charge in [0.25, 0.3) is 5.91 Å². The van der Waals surface area contributed by atoms with Gasteiger partial charge in [0.15, 0.2) is 0 Å². The summed E-state index contributed by atoms with van der Waals surface area (Å²) in [7, 11) is 0. The zero-order valence-corrected chi connectivity index (χ0v) is 10.8. The second-order valence-electron chi connectivity index (χ2n) is 4.32. The topological polar surface area (TPSA) is 75.6 Å². The fraction of sp³-hybridized carbons (Fsp3) is 0.417. The molecule has 2 aromatic heterocycles. The SMILES string of the molecule is CCn1nc(C(C)C)cc1C(=O)Nc1ncc[nH]1. The zero-order chi connectivity index (χ0) is 13.1. The molecule has 0 atom stereocenters. The molecule has 2 rings (SSSR count). The highest BCUT2D eigenvalue weighted by Crippen LogP contribution is 2.15. The van der Waals surface area contributed by atoms with Crippen LogP contribution in [0, 0.1) is 0 Å². The lowest BCUT2D eigenvalue weighted by atomic mass is 10.1. The van der Waals surface area contributed by atoms with Gasteiger partial charge in [0.1, 0.15) is 5.69 Å². The van der Waals surface area contributed by atoms with Gasteiger partial charge in [0.05, 0.1) is 5.69 Å². The average Bonchev–Trinajstić information content (AvgIpc) is 2.96. The average molecular weight is 247 g/mol. The lowest BCUT2D eigenvalue weighted by Crippen LogP contribution is -2.17. The van der Waals surface area contributed by atoms with Gasteiger partial charge in [0.2, 0.25) is 5.95 Å². The number of carbonyl (C=O) groups excluding carboxylic acids is 1. The summed E-state index contributed by atoms with van der Waals surface area (Å²) in [5.74, 6) is 0.536. The number of rotatable bonds is 4. The Morgan fingerprint density at radius 2 is 2.33 bits per heavy atom. The number of hydrogen-bond acceptors (Lipinski definition) is 3. The Balaban J connectivity index is 2.23. The molecule has 0 aliphatic rings. The third-order valence-electron chi connectivity index (χ3n) is 2.65. The summed E-state index contributed by atoms with van der Waals surface area (Å²) < 4.78 is 1.70. The molecule has 6 nitrogen and oxygen atoms in total. The number of aromatic nitrogens is 4. The maximum absolute atomic E-state index is 12.1. The van der Waals surface area contributed by atoms with E-state index in [2.05, 4.69) is 34.2 Å². The number of carbonyl (C=O) groups is 1. The first-order valence-electron chi connectivity index (χ1n) is 6.00. The molecule has 2 aromatic rings. The predicted octanol–water partition coefficient (Wildman–Crippen LogP) is 2.00. The first-order valence-corrected chi connectivity index (χ1v) is 6.00. The Kier molecular flexibility index (Phi) is 3.45. The van der Waals surface area contributed by atoms with E-state index in [9.17, 15) is 4.79 Å². The van der Waals surface area contributed by atoms with Crippen LogP contribution in [0.2, 0.25) is 0 Å². The van der Waals surface area contributed by atoms with Gasteiger partial charge in [-0.25, -0.2) is 4.98 Å². The van der Waals surface area contributed by atoms with Gasteiger partial charge in [-0.2, -0.15) is 5.10 Å². The van der Waals surface area contributed by atoms with E-state index in [-0.39, 0.29) is 5.91 Å². The summed E-state index contributed by atoms with van der Waals surface area (Å²) in [4.78, 5) is 18.9. The minimum atomic E-state index is -0.203. The van der Waals surface area contributed by atoms with Crippen LogP contribution >= 0.6 is 0 Å². The van der Waals surface area contributed by atoms with E-state index < -0.39 is 0 Å². The third kappa shape index (κ3) is 2.42. The van der Waals surface area contributed by atoms with Gasteiger partial charge in [-0.1, -0.05) is 13.8 Å². The van der Waals surface area contributed by atoms with E-state index in [1.807, 2.05) is 13.0 Å². The molecule has 2 heterocycles. The molecule has 0 bridgehead atoms. The number of hydrogen-bond donors (Lipinski definition) is 2. The normalized spacial score (nSPS) is 10.9. The van der Waals surface area contributed by atoms with Crippen LogP contribution < -0.4 is 5.32 Å². The summed E-state index contributed by atoms with van der Waals surface area (Å²) in [6.07, 6.45) is 3.25. The van der Waals surface area contributed by atoms with E-state index in [0.29, 0.717) is 24.1 Å². The molecule has 18 heavy (non-hydrogen) atoms. The van der Waals surface area contributed by atoms with Crippen molar-refractivity contribution < 1.29 is 4.79 Å². The fourth-order valence-electron chi connectivity index (χ4n) is 1.65. The highest BCUT2D eigenvalue weighted by atomic mass is 16.2. The van der Waals surface area contributed by atoms with Crippen LogP contribution in [0.25, 0.3) is 0 Å². The number of nitrogens with zero attached hydrogens (tertiary/aromatic N) is 3. The monoisotopic (exact) mass is 247 g/mol. The predicted molar refractivity (Wildman–Crippen MR) is 68.5 cm³/mol. The quantitative estimate of drug-likeness (QED) is 0.867. The highest BCUT2D eigenvalue weighted by Gasteiger charge is 2.16. The minimum Gasteiger partial charge on any atom is -0.331 e. The fourth-order valence-corrected chi connectivity index (χ4v) is 1.65. The van der Waals surface area contributed by atoms with E-state index in [0.717, 1.165) is 5.69 Å². The van der Waals surface area contributed by atoms with Crippen LogP contribution in [-0.2, 0) is 6.54 Å². The summed E-state index contributed by atoms with van der Waals surface area (Å²) in [5, 5.41) is 7.10. The van der Waals surface area contributed by atoms with Gasteiger partial charge in [-0.15, -0.1) is 0 Å². The largest absolute Gasteiger partial charge is 0.331 e. The maximum atomic E-state index is 12.1. The first kappa shape index (κ1) is 12.3. The Labute approximate surface area is 105 Å². The number of amides is 1. The van der Waals surface area contributed by atoms with Crippen LogP contribution in [0.5, 0.6) is 0 Å². The van der Waals surface area contributed by atoms with Crippen LogP contribution in [0.4, 0.5) is 5.95 Å². The molecule has 96 valence electrons. The summed E-state index contributed by atoms with van der Waals surface area (Å²) in [5.41, 5.74) is 1.47. The second-order valence-corrected chi connectivity index (χ2v) is 4.32. The number of imidazole rings is 1. The summed E-state index contributed by atoms with van der Waals surface area (Å²) in [6, 6.07) is 1.83. The molecule has 0 radical (unpaired) electrons. The molecule has 0 saturated carbocycles. The van der Waals surface area contributed by atoms with Crippen LogP contribution in [0.3, 0.4) is 0 Å². The molecule has 0 aliphatic carbocycles. The van der Waals surface area contributed by atoms with E-state index >= 15 is 0 Å². The molecule has 0 aliphatic heterocycles. The molecular weight excluding hydrogens is 230 g/mol. The first-order chi connectivity index (χ1) is 8.61. The maximum Gasteiger partial charge on any atom is 0.276 e. The van der Waals surface area contributed by atoms with E-state index in [1.54, 1.807) is 17.1 Å². The van der Waals surface area contributed by atoms with Crippen molar-refractivity contribution in [2.24, 2.45) is 0 Å². The second kappa shape index (κ2) is 5.03. The minimum absolute atomic E-state index is 0.203. The van der Waals surface area contributed by atoms with Crippen molar-refractivity contribution >= 4 is 11.9 Å². The Morgan fingerprint density at radius 1 is 1.56 bits per heavy atom. The van der Waals surface area contributed by atoms with Crippen LogP contribution in [0.1, 0.15) is 42.9 Å². The molecule has 0 fully saturated rings. The molecule has 0 saturated heterocycles. The standard InChI is InChI=1S/C12H17N5O/c1-4-17-10(7-9(16-17)8(2)3)11(18)15-12-13-5-6-14-12/h5-8H,4H2,1-3H3,(H2,13,14,15,18). The van der Waals surface area contributed by atoms with Gasteiger partial charge in [0, 0.05) is 18.9 Å². The van der Waals surface area contributed by atoms with Crippen molar-refractivity contribution in [1.29, 1.82) is 0 Å². The van der Waals surface area contributed by atoms with E-state index in [4.69, 9.17) is 0 Å². The highest BCUT2D eigenvalue weighted by molar-refractivity contribution is 6.02.